The molecule has 0 amide bonds. The zero-order valence-corrected chi connectivity index (χ0v) is 32.9. The van der Waals surface area contributed by atoms with Gasteiger partial charge in [0.05, 0.1) is 38.6 Å². The van der Waals surface area contributed by atoms with Crippen molar-refractivity contribution in [2.45, 2.75) is 33.1 Å². The molecule has 274 valence electrons. The average molecular weight is 742 g/mol. The van der Waals surface area contributed by atoms with E-state index in [4.69, 9.17) is 0 Å². The monoisotopic (exact) mass is 741 g/mol. The Morgan fingerprint density at radius 3 is 1.36 bits per heavy atom. The number of hydrogen-bond acceptors (Lipinski definition) is 0. The molecule has 0 aliphatic carbocycles. The number of aromatic nitrogens is 3. The minimum atomic E-state index is 0.000573. The topological polar surface area (TPSA) is 14.3 Å². The van der Waals surface area contributed by atoms with Gasteiger partial charge in [0, 0.05) is 54.5 Å². The maximum atomic E-state index is 2.56. The van der Waals surface area contributed by atoms with Gasteiger partial charge in [-0.05, 0) is 130 Å². The SMILES string of the molecule is Cc1cc2cc3c4cc(C(C)(C)C)cc5c6cc7ccc(-n8c9ccccc9c9ccccc98)cc7cc6n(c3cc2cc1-n1c2ccccc2c2ccccc21)c54. The second-order valence-corrected chi connectivity index (χ2v) is 17.5. The van der Waals surface area contributed by atoms with Gasteiger partial charge in [-0.3, -0.25) is 0 Å². The molecular weight excluding hydrogens is 703 g/mol. The number of nitrogens with zero attached hydrogens (tertiary/aromatic N) is 3. The van der Waals surface area contributed by atoms with E-state index in [0.717, 1.165) is 0 Å². The summed E-state index contributed by atoms with van der Waals surface area (Å²) in [5, 5.41) is 15.4. The summed E-state index contributed by atoms with van der Waals surface area (Å²) in [5.74, 6) is 0. The highest BCUT2D eigenvalue weighted by molar-refractivity contribution is 6.26. The van der Waals surface area contributed by atoms with E-state index in [1.54, 1.807) is 0 Å². The molecule has 0 aliphatic rings. The largest absolute Gasteiger partial charge is 0.309 e. The standard InChI is InChI=1S/C55H39N3/c1-32-23-34-26-44-46-31-37(55(2,3)4)30-45-43-25-33-21-22-38(56-47-17-9-5-13-39(47)40-14-6-10-18-48(40)56)24-35(33)28-52(43)58(54(45)46)53(44)29-36(34)27-51(32)57-49-19-11-7-15-41(49)42-16-8-12-20-50(42)57/h5-31H,1-4H3. The summed E-state index contributed by atoms with van der Waals surface area (Å²) in [6, 6.07) is 61.7. The summed E-state index contributed by atoms with van der Waals surface area (Å²) in [6.07, 6.45) is 0. The molecule has 0 aliphatic heterocycles. The quantitative estimate of drug-likeness (QED) is 0.168. The Labute approximate surface area is 334 Å². The summed E-state index contributed by atoms with van der Waals surface area (Å²) >= 11 is 0. The Bertz CT molecular complexity index is 3790. The van der Waals surface area contributed by atoms with Crippen molar-refractivity contribution in [1.29, 1.82) is 0 Å². The van der Waals surface area contributed by atoms with Gasteiger partial charge in [0.2, 0.25) is 0 Å². The lowest BCUT2D eigenvalue weighted by atomic mass is 9.85. The van der Waals surface area contributed by atoms with E-state index in [1.165, 1.54) is 126 Å². The van der Waals surface area contributed by atoms with Crippen molar-refractivity contribution < 1.29 is 0 Å². The summed E-state index contributed by atoms with van der Waals surface area (Å²) in [7, 11) is 0. The summed E-state index contributed by atoms with van der Waals surface area (Å²) in [6.45, 7) is 9.27. The fourth-order valence-corrected chi connectivity index (χ4v) is 10.4. The van der Waals surface area contributed by atoms with Gasteiger partial charge < -0.3 is 13.5 Å². The lowest BCUT2D eigenvalue weighted by Crippen LogP contribution is -2.10. The van der Waals surface area contributed by atoms with E-state index in [0.29, 0.717) is 0 Å². The van der Waals surface area contributed by atoms with E-state index >= 15 is 0 Å². The van der Waals surface area contributed by atoms with Crippen LogP contribution in [-0.2, 0) is 5.41 Å². The van der Waals surface area contributed by atoms with E-state index in [1.807, 2.05) is 0 Å². The molecule has 3 nitrogen and oxygen atoms in total. The second kappa shape index (κ2) is 11.1. The first-order valence-corrected chi connectivity index (χ1v) is 20.4. The Balaban J connectivity index is 1.11. The smallest absolute Gasteiger partial charge is 0.0620 e. The first-order chi connectivity index (χ1) is 28.3. The van der Waals surface area contributed by atoms with Crippen LogP contribution in [0.5, 0.6) is 0 Å². The molecule has 4 heterocycles. The summed E-state index contributed by atoms with van der Waals surface area (Å²) in [5.41, 5.74) is 13.8. The zero-order chi connectivity index (χ0) is 38.6. The minimum absolute atomic E-state index is 0.000573. The molecule has 0 spiro atoms. The number of aryl methyl sites for hydroxylation is 1. The van der Waals surface area contributed by atoms with Crippen LogP contribution < -0.4 is 0 Å². The molecule has 0 saturated heterocycles. The van der Waals surface area contributed by atoms with Crippen LogP contribution in [0.2, 0.25) is 0 Å². The first kappa shape index (κ1) is 32.0. The predicted molar refractivity (Wildman–Crippen MR) is 248 cm³/mol. The maximum absolute atomic E-state index is 2.56. The van der Waals surface area contributed by atoms with Crippen LogP contribution in [0.15, 0.2) is 164 Å². The number of rotatable bonds is 2. The third-order valence-corrected chi connectivity index (χ3v) is 13.1. The molecule has 0 atom stereocenters. The Morgan fingerprint density at radius 2 is 0.828 bits per heavy atom. The molecule has 0 unspecified atom stereocenters. The lowest BCUT2D eigenvalue weighted by Gasteiger charge is -2.19. The molecule has 58 heavy (non-hydrogen) atoms. The average Bonchev–Trinajstić information content (AvgIpc) is 3.95. The van der Waals surface area contributed by atoms with E-state index in [2.05, 4.69) is 205 Å². The Hall–Kier alpha value is -7.10. The molecule has 0 radical (unpaired) electrons. The molecule has 0 N–H and O–H groups in total. The van der Waals surface area contributed by atoms with Crippen LogP contribution in [0.25, 0.3) is 115 Å². The van der Waals surface area contributed by atoms with Crippen molar-refractivity contribution >= 4 is 103 Å². The van der Waals surface area contributed by atoms with Gasteiger partial charge in [-0.25, -0.2) is 0 Å². The molecule has 9 aromatic carbocycles. The molecule has 0 fully saturated rings. The highest BCUT2D eigenvalue weighted by Crippen LogP contribution is 2.45. The van der Waals surface area contributed by atoms with E-state index < -0.39 is 0 Å². The molecule has 4 aromatic heterocycles. The molecule has 0 saturated carbocycles. The van der Waals surface area contributed by atoms with Crippen molar-refractivity contribution in [2.75, 3.05) is 0 Å². The zero-order valence-electron chi connectivity index (χ0n) is 32.9. The van der Waals surface area contributed by atoms with Crippen molar-refractivity contribution in [1.82, 2.24) is 13.5 Å². The van der Waals surface area contributed by atoms with E-state index in [9.17, 15) is 0 Å². The van der Waals surface area contributed by atoms with Crippen molar-refractivity contribution in [3.05, 3.63) is 175 Å². The van der Waals surface area contributed by atoms with Gasteiger partial charge in [0.25, 0.3) is 0 Å². The fraction of sp³-hybridized carbons (Fsp3) is 0.0909. The summed E-state index contributed by atoms with van der Waals surface area (Å²) in [4.78, 5) is 0. The number of para-hydroxylation sites is 4. The van der Waals surface area contributed by atoms with Gasteiger partial charge in [0.1, 0.15) is 0 Å². The van der Waals surface area contributed by atoms with Crippen molar-refractivity contribution in [3.8, 4) is 11.4 Å². The molecule has 0 bridgehead atoms. The number of benzene rings is 9. The lowest BCUT2D eigenvalue weighted by molar-refractivity contribution is 0.592. The fourth-order valence-electron chi connectivity index (χ4n) is 10.4. The van der Waals surface area contributed by atoms with Crippen molar-refractivity contribution in [3.63, 3.8) is 0 Å². The van der Waals surface area contributed by atoms with Crippen LogP contribution in [0.3, 0.4) is 0 Å². The molecular formula is C55H39N3. The van der Waals surface area contributed by atoms with Gasteiger partial charge in [-0.2, -0.15) is 0 Å². The maximum Gasteiger partial charge on any atom is 0.0620 e. The van der Waals surface area contributed by atoms with Gasteiger partial charge in [-0.15, -0.1) is 0 Å². The molecule has 3 heteroatoms. The van der Waals surface area contributed by atoms with Crippen molar-refractivity contribution in [2.24, 2.45) is 0 Å². The number of fused-ring (bicyclic) bond motifs is 14. The Morgan fingerprint density at radius 1 is 0.362 bits per heavy atom. The minimum Gasteiger partial charge on any atom is -0.309 e. The second-order valence-electron chi connectivity index (χ2n) is 17.5. The highest BCUT2D eigenvalue weighted by atomic mass is 15.0. The van der Waals surface area contributed by atoms with Crippen LogP contribution in [0, 0.1) is 6.92 Å². The van der Waals surface area contributed by atoms with Crippen LogP contribution in [-0.4, -0.2) is 13.5 Å². The summed E-state index contributed by atoms with van der Waals surface area (Å²) < 4.78 is 7.45. The van der Waals surface area contributed by atoms with Gasteiger partial charge >= 0.3 is 0 Å². The van der Waals surface area contributed by atoms with Crippen LogP contribution in [0.1, 0.15) is 31.9 Å². The molecule has 13 rings (SSSR count). The number of hydrogen-bond donors (Lipinski definition) is 0. The van der Waals surface area contributed by atoms with Crippen LogP contribution in [0.4, 0.5) is 0 Å². The third kappa shape index (κ3) is 4.18. The van der Waals surface area contributed by atoms with Gasteiger partial charge in [0.15, 0.2) is 0 Å². The van der Waals surface area contributed by atoms with Gasteiger partial charge in [-0.1, -0.05) is 99.6 Å². The first-order valence-electron chi connectivity index (χ1n) is 20.4. The Kier molecular flexibility index (Phi) is 6.10. The highest BCUT2D eigenvalue weighted by Gasteiger charge is 2.24. The predicted octanol–water partition coefficient (Wildman–Crippen LogP) is 14.9. The van der Waals surface area contributed by atoms with E-state index in [-0.39, 0.29) is 5.41 Å². The third-order valence-electron chi connectivity index (χ3n) is 13.1. The normalized spacial score (nSPS) is 12.8. The molecule has 13 aromatic rings. The van der Waals surface area contributed by atoms with Crippen LogP contribution >= 0.6 is 0 Å².